The van der Waals surface area contributed by atoms with Crippen molar-refractivity contribution >= 4 is 15.6 Å². The van der Waals surface area contributed by atoms with Crippen molar-refractivity contribution in [2.24, 2.45) is 0 Å². The second-order valence-electron chi connectivity index (χ2n) is 4.11. The molecule has 0 aliphatic heterocycles. The minimum absolute atomic E-state index is 0.0265. The molecule has 0 saturated carbocycles. The fourth-order valence-electron chi connectivity index (χ4n) is 1.42. The van der Waals surface area contributed by atoms with Gasteiger partial charge < -0.3 is 4.74 Å². The molecular weight excluding hydrogens is 252 g/mol. The van der Waals surface area contributed by atoms with E-state index in [1.807, 2.05) is 12.1 Å². The zero-order chi connectivity index (χ0) is 13.6. The molecule has 0 atom stereocenters. The smallest absolute Gasteiger partial charge is 0.153 e. The maximum absolute atomic E-state index is 11.2. The van der Waals surface area contributed by atoms with Crippen LogP contribution in [-0.4, -0.2) is 32.3 Å². The van der Waals surface area contributed by atoms with E-state index in [1.54, 1.807) is 26.0 Å². The topological polar surface area (TPSA) is 60.4 Å². The van der Waals surface area contributed by atoms with Gasteiger partial charge in [0.25, 0.3) is 0 Å². The molecule has 5 heteroatoms. The van der Waals surface area contributed by atoms with Gasteiger partial charge in [0.15, 0.2) is 9.84 Å². The van der Waals surface area contributed by atoms with E-state index in [0.29, 0.717) is 12.2 Å². The van der Waals surface area contributed by atoms with Crippen molar-refractivity contribution in [3.63, 3.8) is 0 Å². The second-order valence-corrected chi connectivity index (χ2v) is 6.58. The van der Waals surface area contributed by atoms with Gasteiger partial charge >= 0.3 is 0 Å². The Balaban J connectivity index is 2.47. The van der Waals surface area contributed by atoms with Crippen LogP contribution in [0.25, 0.3) is 0 Å². The average Bonchev–Trinajstić information content (AvgIpc) is 2.30. The largest absolute Gasteiger partial charge is 0.493 e. The molecule has 0 heterocycles. The first-order valence-corrected chi connectivity index (χ1v) is 7.66. The van der Waals surface area contributed by atoms with Gasteiger partial charge in [0.05, 0.1) is 5.75 Å². The molecule has 0 amide bonds. The van der Waals surface area contributed by atoms with Crippen LogP contribution in [0.15, 0.2) is 24.3 Å². The summed E-state index contributed by atoms with van der Waals surface area (Å²) in [6.07, 6.45) is 0.407. The molecule has 1 aromatic rings. The van der Waals surface area contributed by atoms with Crippen LogP contribution in [0.1, 0.15) is 19.4 Å². The van der Waals surface area contributed by atoms with Crippen LogP contribution in [0.2, 0.25) is 0 Å². The van der Waals surface area contributed by atoms with Gasteiger partial charge in [0, 0.05) is 12.2 Å². The van der Waals surface area contributed by atoms with E-state index < -0.39 is 9.84 Å². The molecule has 1 rings (SSSR count). The van der Waals surface area contributed by atoms with Crippen molar-refractivity contribution < 1.29 is 17.9 Å². The van der Waals surface area contributed by atoms with Crippen LogP contribution in [0.3, 0.4) is 0 Å². The van der Waals surface area contributed by atoms with E-state index in [2.05, 4.69) is 0 Å². The molecule has 0 spiro atoms. The summed E-state index contributed by atoms with van der Waals surface area (Å²) < 4.78 is 27.8. The molecular formula is C13H18O4S. The van der Waals surface area contributed by atoms with E-state index in [1.165, 1.54) is 0 Å². The average molecular weight is 270 g/mol. The van der Waals surface area contributed by atoms with Gasteiger partial charge in [-0.3, -0.25) is 4.79 Å². The van der Waals surface area contributed by atoms with Crippen molar-refractivity contribution in [1.82, 2.24) is 0 Å². The molecule has 100 valence electrons. The van der Waals surface area contributed by atoms with Gasteiger partial charge in [0.1, 0.15) is 18.1 Å². The lowest BCUT2D eigenvalue weighted by Crippen LogP contribution is -2.15. The Morgan fingerprint density at radius 2 is 1.83 bits per heavy atom. The number of rotatable bonds is 7. The summed E-state index contributed by atoms with van der Waals surface area (Å²) in [5.41, 5.74) is 0.927. The normalized spacial score (nSPS) is 11.2. The minimum Gasteiger partial charge on any atom is -0.493 e. The Kier molecular flexibility index (Phi) is 5.34. The summed E-state index contributed by atoms with van der Waals surface area (Å²) in [5, 5.41) is 0. The van der Waals surface area contributed by atoms with Crippen LogP contribution in [0, 0.1) is 0 Å². The summed E-state index contributed by atoms with van der Waals surface area (Å²) in [6.45, 7) is 3.31. The molecule has 0 aromatic heterocycles. The highest BCUT2D eigenvalue weighted by molar-refractivity contribution is 7.91. The highest BCUT2D eigenvalue weighted by atomic mass is 32.2. The highest BCUT2D eigenvalue weighted by Gasteiger charge is 2.07. The summed E-state index contributed by atoms with van der Waals surface area (Å²) in [6, 6.07) is 7.11. The number of hydrogen-bond acceptors (Lipinski definition) is 4. The summed E-state index contributed by atoms with van der Waals surface area (Å²) >= 11 is 0. The number of sulfone groups is 1. The second kappa shape index (κ2) is 6.54. The van der Waals surface area contributed by atoms with Gasteiger partial charge in [-0.15, -0.1) is 0 Å². The predicted octanol–water partition coefficient (Wildman–Crippen LogP) is 1.63. The van der Waals surface area contributed by atoms with Crippen molar-refractivity contribution in [3.05, 3.63) is 29.8 Å². The molecule has 0 aliphatic carbocycles. The number of carbonyl (C=O) groups is 1. The van der Waals surface area contributed by atoms with Crippen LogP contribution in [-0.2, 0) is 21.1 Å². The molecule has 1 aromatic carbocycles. The lowest BCUT2D eigenvalue weighted by Gasteiger charge is -2.06. The number of ether oxygens (including phenoxy) is 1. The lowest BCUT2D eigenvalue weighted by atomic mass is 10.1. The number of carbonyl (C=O) groups excluding carboxylic acids is 1. The Morgan fingerprint density at radius 3 is 2.33 bits per heavy atom. The van der Waals surface area contributed by atoms with Gasteiger partial charge in [0.2, 0.25) is 0 Å². The SMILES string of the molecule is CCS(=O)(=O)CCOc1ccc(CC(C)=O)cc1. The third-order valence-electron chi connectivity index (χ3n) is 2.48. The quantitative estimate of drug-likeness (QED) is 0.755. The molecule has 0 aliphatic rings. The number of benzene rings is 1. The van der Waals surface area contributed by atoms with Gasteiger partial charge in [-0.1, -0.05) is 19.1 Å². The fourth-order valence-corrected chi connectivity index (χ4v) is 2.05. The Labute approximate surface area is 108 Å². The summed E-state index contributed by atoms with van der Waals surface area (Å²) in [7, 11) is -2.98. The van der Waals surface area contributed by atoms with Gasteiger partial charge in [-0.2, -0.15) is 0 Å². The van der Waals surface area contributed by atoms with Crippen LogP contribution in [0.4, 0.5) is 0 Å². The maximum Gasteiger partial charge on any atom is 0.153 e. The zero-order valence-electron chi connectivity index (χ0n) is 10.7. The molecule has 0 fully saturated rings. The predicted molar refractivity (Wildman–Crippen MR) is 70.6 cm³/mol. The summed E-state index contributed by atoms with van der Waals surface area (Å²) in [5.74, 6) is 0.887. The highest BCUT2D eigenvalue weighted by Crippen LogP contribution is 2.12. The Bertz CT molecular complexity index is 488. The van der Waals surface area contributed by atoms with E-state index in [-0.39, 0.29) is 23.9 Å². The van der Waals surface area contributed by atoms with Crippen molar-refractivity contribution in [3.8, 4) is 5.75 Å². The first-order valence-electron chi connectivity index (χ1n) is 5.84. The van der Waals surface area contributed by atoms with E-state index >= 15 is 0 Å². The first-order chi connectivity index (χ1) is 8.43. The lowest BCUT2D eigenvalue weighted by molar-refractivity contribution is -0.116. The molecule has 4 nitrogen and oxygen atoms in total. The molecule has 18 heavy (non-hydrogen) atoms. The Morgan fingerprint density at radius 1 is 1.22 bits per heavy atom. The third kappa shape index (κ3) is 5.31. The first kappa shape index (κ1) is 14.7. The van der Waals surface area contributed by atoms with E-state index in [0.717, 1.165) is 5.56 Å². The molecule has 0 bridgehead atoms. The number of hydrogen-bond donors (Lipinski definition) is 0. The molecule has 0 saturated heterocycles. The summed E-state index contributed by atoms with van der Waals surface area (Å²) in [4.78, 5) is 10.9. The molecule has 0 N–H and O–H groups in total. The van der Waals surface area contributed by atoms with E-state index in [4.69, 9.17) is 4.74 Å². The number of ketones is 1. The van der Waals surface area contributed by atoms with Crippen LogP contribution >= 0.6 is 0 Å². The zero-order valence-corrected chi connectivity index (χ0v) is 11.5. The van der Waals surface area contributed by atoms with Crippen molar-refractivity contribution in [1.29, 1.82) is 0 Å². The standard InChI is InChI=1S/C13H18O4S/c1-3-18(15,16)9-8-17-13-6-4-12(5-7-13)10-11(2)14/h4-7H,3,8-10H2,1-2H3. The molecule has 0 unspecified atom stereocenters. The fraction of sp³-hybridized carbons (Fsp3) is 0.462. The van der Waals surface area contributed by atoms with E-state index in [9.17, 15) is 13.2 Å². The van der Waals surface area contributed by atoms with Crippen molar-refractivity contribution in [2.45, 2.75) is 20.3 Å². The minimum atomic E-state index is -2.98. The molecule has 0 radical (unpaired) electrons. The monoisotopic (exact) mass is 270 g/mol. The van der Waals surface area contributed by atoms with Gasteiger partial charge in [-0.25, -0.2) is 8.42 Å². The maximum atomic E-state index is 11.2. The third-order valence-corrected chi connectivity index (χ3v) is 4.15. The van der Waals surface area contributed by atoms with Crippen LogP contribution < -0.4 is 4.74 Å². The van der Waals surface area contributed by atoms with Crippen LogP contribution in [0.5, 0.6) is 5.75 Å². The van der Waals surface area contributed by atoms with Crippen molar-refractivity contribution in [2.75, 3.05) is 18.1 Å². The number of Topliss-reactive ketones (excluding diaryl/α,β-unsaturated/α-hetero) is 1. The van der Waals surface area contributed by atoms with Gasteiger partial charge in [-0.05, 0) is 24.6 Å². The Hall–Kier alpha value is -1.36.